The number of carbonyl (C=O) groups excluding carboxylic acids is 1. The van der Waals surface area contributed by atoms with Crippen LogP contribution in [0.25, 0.3) is 6.08 Å². The molecule has 0 radical (unpaired) electrons. The fourth-order valence-electron chi connectivity index (χ4n) is 3.92. The van der Waals surface area contributed by atoms with Crippen molar-refractivity contribution in [3.05, 3.63) is 64.2 Å². The summed E-state index contributed by atoms with van der Waals surface area (Å²) in [5, 5.41) is 31.1. The van der Waals surface area contributed by atoms with Crippen LogP contribution < -0.4 is 9.47 Å². The molecule has 1 atom stereocenters. The summed E-state index contributed by atoms with van der Waals surface area (Å²) in [6.45, 7) is 7.52. The summed E-state index contributed by atoms with van der Waals surface area (Å²) in [4.78, 5) is 13.5. The average Bonchev–Trinajstić information content (AvgIpc) is 2.68. The molecule has 0 saturated carbocycles. The lowest BCUT2D eigenvalue weighted by Gasteiger charge is -2.36. The number of aliphatic hydroxyl groups is 1. The fraction of sp³-hybridized carbons (Fsp3) is 0.320. The van der Waals surface area contributed by atoms with E-state index in [2.05, 4.69) is 0 Å². The minimum atomic E-state index is -2.08. The Kier molecular flexibility index (Phi) is 4.85. The van der Waals surface area contributed by atoms with Crippen molar-refractivity contribution in [2.24, 2.45) is 0 Å². The highest BCUT2D eigenvalue weighted by Crippen LogP contribution is 2.47. The number of carbonyl (C=O) groups is 1. The number of ether oxygens (including phenoxy) is 2. The maximum absolute atomic E-state index is 13.5. The van der Waals surface area contributed by atoms with Crippen molar-refractivity contribution in [1.82, 2.24) is 0 Å². The molecule has 0 spiro atoms. The molecule has 0 amide bonds. The molecule has 2 aromatic carbocycles. The van der Waals surface area contributed by atoms with Crippen molar-refractivity contribution in [3.63, 3.8) is 0 Å². The predicted octanol–water partition coefficient (Wildman–Crippen LogP) is 4.25. The molecule has 0 saturated heterocycles. The van der Waals surface area contributed by atoms with Crippen molar-refractivity contribution >= 4 is 11.9 Å². The molecule has 2 aliphatic heterocycles. The van der Waals surface area contributed by atoms with Crippen LogP contribution in [0.15, 0.2) is 42.0 Å². The van der Waals surface area contributed by atoms with Crippen LogP contribution in [0.5, 0.6) is 23.0 Å². The maximum Gasteiger partial charge on any atom is 0.206 e. The highest BCUT2D eigenvalue weighted by molar-refractivity contribution is 6.07. The number of benzene rings is 2. The van der Waals surface area contributed by atoms with Crippen molar-refractivity contribution in [2.75, 3.05) is 6.61 Å². The van der Waals surface area contributed by atoms with Gasteiger partial charge in [0.2, 0.25) is 5.78 Å². The Hall–Kier alpha value is -3.25. The number of aromatic hydroxyl groups is 2. The van der Waals surface area contributed by atoms with E-state index in [1.807, 2.05) is 45.9 Å². The Morgan fingerprint density at radius 3 is 2.58 bits per heavy atom. The molecule has 0 fully saturated rings. The molecule has 0 bridgehead atoms. The molecule has 31 heavy (non-hydrogen) atoms. The number of phenols is 2. The van der Waals surface area contributed by atoms with E-state index >= 15 is 0 Å². The Morgan fingerprint density at radius 2 is 1.90 bits per heavy atom. The molecule has 3 N–H and O–H groups in total. The maximum atomic E-state index is 13.5. The summed E-state index contributed by atoms with van der Waals surface area (Å²) in [7, 11) is 0. The molecular formula is C25H26O6. The zero-order chi connectivity index (χ0) is 22.6. The van der Waals surface area contributed by atoms with E-state index in [1.54, 1.807) is 6.07 Å². The SMILES string of the molecule is CC(C)=CCc1c2c(cc3c1OCC(O)(c1ccc(O)cc1O)C3=O)C=CC(C)(C)O2. The summed E-state index contributed by atoms with van der Waals surface area (Å²) in [5.41, 5.74) is 0.221. The molecule has 162 valence electrons. The smallest absolute Gasteiger partial charge is 0.206 e. The second-order valence-electron chi connectivity index (χ2n) is 8.85. The first kappa shape index (κ1) is 21.0. The Labute approximate surface area is 181 Å². The van der Waals surface area contributed by atoms with E-state index in [0.29, 0.717) is 17.9 Å². The van der Waals surface area contributed by atoms with Crippen LogP contribution in [0.2, 0.25) is 0 Å². The van der Waals surface area contributed by atoms with Gasteiger partial charge in [0.15, 0.2) is 5.60 Å². The number of allylic oxidation sites excluding steroid dienone is 2. The van der Waals surface area contributed by atoms with Gasteiger partial charge in [-0.25, -0.2) is 0 Å². The van der Waals surface area contributed by atoms with E-state index in [-0.39, 0.29) is 29.2 Å². The third-order valence-electron chi connectivity index (χ3n) is 5.57. The number of rotatable bonds is 3. The number of hydrogen-bond acceptors (Lipinski definition) is 6. The summed E-state index contributed by atoms with van der Waals surface area (Å²) in [6, 6.07) is 5.38. The van der Waals surface area contributed by atoms with Gasteiger partial charge in [-0.2, -0.15) is 0 Å². The van der Waals surface area contributed by atoms with E-state index in [4.69, 9.17) is 9.47 Å². The second kappa shape index (κ2) is 7.17. The minimum absolute atomic E-state index is 0.0163. The largest absolute Gasteiger partial charge is 0.508 e. The van der Waals surface area contributed by atoms with Crippen molar-refractivity contribution in [1.29, 1.82) is 0 Å². The minimum Gasteiger partial charge on any atom is -0.508 e. The van der Waals surface area contributed by atoms with Gasteiger partial charge in [-0.3, -0.25) is 4.79 Å². The Morgan fingerprint density at radius 1 is 1.16 bits per heavy atom. The highest BCUT2D eigenvalue weighted by atomic mass is 16.5. The quantitative estimate of drug-likeness (QED) is 0.640. The lowest BCUT2D eigenvalue weighted by Crippen LogP contribution is -2.45. The summed E-state index contributed by atoms with van der Waals surface area (Å²) in [6.07, 6.45) is 6.36. The number of hydrogen-bond donors (Lipinski definition) is 3. The third-order valence-corrected chi connectivity index (χ3v) is 5.57. The molecule has 0 aliphatic carbocycles. The molecule has 6 nitrogen and oxygen atoms in total. The van der Waals surface area contributed by atoms with Gasteiger partial charge in [-0.1, -0.05) is 17.7 Å². The van der Waals surface area contributed by atoms with Gasteiger partial charge in [-0.15, -0.1) is 0 Å². The lowest BCUT2D eigenvalue weighted by atomic mass is 9.81. The van der Waals surface area contributed by atoms with Crippen LogP contribution in [0, 0.1) is 0 Å². The normalized spacial score (nSPS) is 20.9. The molecule has 2 heterocycles. The van der Waals surface area contributed by atoms with E-state index in [9.17, 15) is 20.1 Å². The van der Waals surface area contributed by atoms with Gasteiger partial charge in [0.05, 0.1) is 5.56 Å². The topological polar surface area (TPSA) is 96.2 Å². The molecule has 4 rings (SSSR count). The standard InChI is InChI=1S/C25H26O6/c1-14(2)5-7-17-21-15(9-10-24(3,4)31-21)11-18-22(17)30-13-25(29,23(18)28)19-8-6-16(26)12-20(19)27/h5-6,8-12,26-27,29H,7,13H2,1-4H3. The number of phenolic OH excluding ortho intramolecular Hbond substituents is 2. The first-order chi connectivity index (χ1) is 14.5. The molecule has 0 aromatic heterocycles. The van der Waals surface area contributed by atoms with Crippen LogP contribution in [0.4, 0.5) is 0 Å². The lowest BCUT2D eigenvalue weighted by molar-refractivity contribution is -0.00671. The van der Waals surface area contributed by atoms with Gasteiger partial charge in [0, 0.05) is 22.8 Å². The zero-order valence-corrected chi connectivity index (χ0v) is 18.0. The fourth-order valence-corrected chi connectivity index (χ4v) is 3.92. The molecule has 1 unspecified atom stereocenters. The zero-order valence-electron chi connectivity index (χ0n) is 18.0. The summed E-state index contributed by atoms with van der Waals surface area (Å²) in [5.74, 6) is -0.0769. The van der Waals surface area contributed by atoms with Crippen LogP contribution >= 0.6 is 0 Å². The van der Waals surface area contributed by atoms with E-state index < -0.39 is 17.0 Å². The molecule has 2 aliphatic rings. The van der Waals surface area contributed by atoms with Gasteiger partial charge < -0.3 is 24.8 Å². The van der Waals surface area contributed by atoms with Crippen LogP contribution in [0.1, 0.15) is 54.7 Å². The first-order valence-electron chi connectivity index (χ1n) is 10.2. The second-order valence-corrected chi connectivity index (χ2v) is 8.85. The van der Waals surface area contributed by atoms with E-state index in [0.717, 1.165) is 22.8 Å². The molecule has 2 aromatic rings. The molecular weight excluding hydrogens is 396 g/mol. The predicted molar refractivity (Wildman–Crippen MR) is 117 cm³/mol. The van der Waals surface area contributed by atoms with Crippen LogP contribution in [-0.2, 0) is 12.0 Å². The summed E-state index contributed by atoms with van der Waals surface area (Å²) >= 11 is 0. The number of fused-ring (bicyclic) bond motifs is 2. The van der Waals surface area contributed by atoms with Gasteiger partial charge in [-0.05, 0) is 58.4 Å². The van der Waals surface area contributed by atoms with E-state index in [1.165, 1.54) is 12.1 Å². The monoisotopic (exact) mass is 422 g/mol. The average molecular weight is 422 g/mol. The number of Topliss-reactive ketones (excluding diaryl/α,β-unsaturated/α-hetero) is 1. The van der Waals surface area contributed by atoms with Crippen molar-refractivity contribution < 1.29 is 29.6 Å². The van der Waals surface area contributed by atoms with Crippen LogP contribution in [-0.4, -0.2) is 33.3 Å². The number of ketones is 1. The molecule has 6 heteroatoms. The Bertz CT molecular complexity index is 1140. The summed E-state index contributed by atoms with van der Waals surface area (Å²) < 4.78 is 12.2. The van der Waals surface area contributed by atoms with Crippen molar-refractivity contribution in [3.8, 4) is 23.0 Å². The van der Waals surface area contributed by atoms with Crippen molar-refractivity contribution in [2.45, 2.75) is 45.3 Å². The first-order valence-corrected chi connectivity index (χ1v) is 10.2. The van der Waals surface area contributed by atoms with Gasteiger partial charge in [0.1, 0.15) is 35.2 Å². The van der Waals surface area contributed by atoms with Gasteiger partial charge in [0.25, 0.3) is 0 Å². The Balaban J connectivity index is 1.89. The highest BCUT2D eigenvalue weighted by Gasteiger charge is 2.47. The third kappa shape index (κ3) is 3.57. The van der Waals surface area contributed by atoms with Gasteiger partial charge >= 0.3 is 0 Å². The van der Waals surface area contributed by atoms with Crippen LogP contribution in [0.3, 0.4) is 0 Å².